The first kappa shape index (κ1) is 23.4. The van der Waals surface area contributed by atoms with Gasteiger partial charge < -0.3 is 15.0 Å². The van der Waals surface area contributed by atoms with Crippen LogP contribution >= 0.6 is 0 Å². The Bertz CT molecular complexity index is 817. The van der Waals surface area contributed by atoms with Crippen LogP contribution in [0.2, 0.25) is 0 Å². The third-order valence-corrected chi connectivity index (χ3v) is 4.48. The molecule has 2 aromatic carbocycles. The number of halogens is 1. The predicted octanol–water partition coefficient (Wildman–Crippen LogP) is 4.32. The van der Waals surface area contributed by atoms with E-state index in [0.717, 1.165) is 11.3 Å². The van der Waals surface area contributed by atoms with Crippen molar-refractivity contribution in [3.63, 3.8) is 0 Å². The number of nitrogens with one attached hydrogen (secondary N) is 1. The maximum absolute atomic E-state index is 13.2. The van der Waals surface area contributed by atoms with Crippen molar-refractivity contribution in [2.24, 2.45) is 0 Å². The second-order valence-corrected chi connectivity index (χ2v) is 8.33. The largest absolute Gasteiger partial charge is 0.494 e. The van der Waals surface area contributed by atoms with Crippen LogP contribution in [0.4, 0.5) is 4.39 Å². The van der Waals surface area contributed by atoms with Crippen LogP contribution in [0.5, 0.6) is 5.75 Å². The van der Waals surface area contributed by atoms with Gasteiger partial charge in [-0.2, -0.15) is 0 Å². The molecule has 0 heterocycles. The molecule has 1 N–H and O–H groups in total. The van der Waals surface area contributed by atoms with E-state index in [1.54, 1.807) is 19.1 Å². The summed E-state index contributed by atoms with van der Waals surface area (Å²) in [5, 5.41) is 2.92. The van der Waals surface area contributed by atoms with Crippen molar-refractivity contribution in [3.05, 3.63) is 66.0 Å². The number of carbonyl (C=O) groups excluding carboxylic acids is 2. The van der Waals surface area contributed by atoms with Crippen LogP contribution in [0.25, 0.3) is 0 Å². The number of benzene rings is 2. The van der Waals surface area contributed by atoms with E-state index in [0.29, 0.717) is 13.0 Å². The lowest BCUT2D eigenvalue weighted by Gasteiger charge is -2.31. The Balaban J connectivity index is 2.02. The van der Waals surface area contributed by atoms with Gasteiger partial charge in [-0.25, -0.2) is 4.39 Å². The second-order valence-electron chi connectivity index (χ2n) is 8.33. The molecule has 2 amide bonds. The minimum absolute atomic E-state index is 0.146. The van der Waals surface area contributed by atoms with E-state index in [-0.39, 0.29) is 30.6 Å². The summed E-state index contributed by atoms with van der Waals surface area (Å²) in [7, 11) is 0. The van der Waals surface area contributed by atoms with Crippen molar-refractivity contribution in [2.45, 2.75) is 58.7 Å². The van der Waals surface area contributed by atoms with Gasteiger partial charge in [0, 0.05) is 18.5 Å². The first-order chi connectivity index (χ1) is 14.2. The molecule has 0 aliphatic heterocycles. The van der Waals surface area contributed by atoms with Gasteiger partial charge in [-0.05, 0) is 63.9 Å². The molecule has 1 atom stereocenters. The van der Waals surface area contributed by atoms with Gasteiger partial charge in [0.05, 0.1) is 6.61 Å². The molecule has 6 heteroatoms. The number of rotatable bonds is 9. The van der Waals surface area contributed by atoms with Crippen LogP contribution in [0.3, 0.4) is 0 Å². The lowest BCUT2D eigenvalue weighted by atomic mass is 10.1. The van der Waals surface area contributed by atoms with Crippen LogP contribution in [0, 0.1) is 5.82 Å². The van der Waals surface area contributed by atoms with Gasteiger partial charge in [0.15, 0.2) is 0 Å². The minimum Gasteiger partial charge on any atom is -0.494 e. The van der Waals surface area contributed by atoms with E-state index >= 15 is 0 Å². The third-order valence-electron chi connectivity index (χ3n) is 4.48. The highest BCUT2D eigenvalue weighted by Gasteiger charge is 2.28. The first-order valence-corrected chi connectivity index (χ1v) is 10.2. The Morgan fingerprint density at radius 2 is 1.70 bits per heavy atom. The van der Waals surface area contributed by atoms with Gasteiger partial charge >= 0.3 is 0 Å². The zero-order chi connectivity index (χ0) is 22.1. The SMILES string of the molecule is CC(C(=O)NC(C)(C)C)N(Cc1ccc(F)cc1)C(=O)CCCOc1ccccc1. The van der Waals surface area contributed by atoms with Crippen LogP contribution in [-0.2, 0) is 16.1 Å². The fraction of sp³-hybridized carbons (Fsp3) is 0.417. The van der Waals surface area contributed by atoms with Gasteiger partial charge in [-0.1, -0.05) is 30.3 Å². The molecular formula is C24H31FN2O3. The fourth-order valence-electron chi connectivity index (χ4n) is 2.92. The molecule has 0 aliphatic rings. The van der Waals surface area contributed by atoms with Crippen molar-refractivity contribution >= 4 is 11.8 Å². The summed E-state index contributed by atoms with van der Waals surface area (Å²) in [4.78, 5) is 27.2. The number of carbonyl (C=O) groups is 2. The van der Waals surface area contributed by atoms with Crippen molar-refractivity contribution < 1.29 is 18.7 Å². The van der Waals surface area contributed by atoms with Crippen molar-refractivity contribution in [3.8, 4) is 5.75 Å². The van der Waals surface area contributed by atoms with Crippen molar-refractivity contribution in [1.29, 1.82) is 0 Å². The molecular weight excluding hydrogens is 383 g/mol. The zero-order valence-corrected chi connectivity index (χ0v) is 18.2. The van der Waals surface area contributed by atoms with Gasteiger partial charge in [0.25, 0.3) is 0 Å². The summed E-state index contributed by atoms with van der Waals surface area (Å²) in [6, 6.07) is 14.7. The predicted molar refractivity (Wildman–Crippen MR) is 115 cm³/mol. The number of para-hydroxylation sites is 1. The summed E-state index contributed by atoms with van der Waals surface area (Å²) in [5.41, 5.74) is 0.361. The summed E-state index contributed by atoms with van der Waals surface area (Å²) in [5.74, 6) is 0.0466. The molecule has 0 radical (unpaired) electrons. The van der Waals surface area contributed by atoms with E-state index < -0.39 is 11.6 Å². The standard InChI is InChI=1S/C24H31FN2O3/c1-18(23(29)26-24(2,3)4)27(17-19-12-14-20(25)15-13-19)22(28)11-8-16-30-21-9-6-5-7-10-21/h5-7,9-10,12-15,18H,8,11,16-17H2,1-4H3,(H,26,29). The smallest absolute Gasteiger partial charge is 0.242 e. The number of amides is 2. The molecule has 0 fully saturated rings. The van der Waals surface area contributed by atoms with Gasteiger partial charge in [0.2, 0.25) is 11.8 Å². The van der Waals surface area contributed by atoms with E-state index in [4.69, 9.17) is 4.74 Å². The van der Waals surface area contributed by atoms with Crippen LogP contribution in [0.15, 0.2) is 54.6 Å². The van der Waals surface area contributed by atoms with Crippen molar-refractivity contribution in [1.82, 2.24) is 10.2 Å². The van der Waals surface area contributed by atoms with Gasteiger partial charge in [0.1, 0.15) is 17.6 Å². The molecule has 0 saturated heterocycles. The molecule has 2 aromatic rings. The first-order valence-electron chi connectivity index (χ1n) is 10.2. The molecule has 0 aliphatic carbocycles. The summed E-state index contributed by atoms with van der Waals surface area (Å²) >= 11 is 0. The Kier molecular flexibility index (Phi) is 8.39. The highest BCUT2D eigenvalue weighted by Crippen LogP contribution is 2.14. The zero-order valence-electron chi connectivity index (χ0n) is 18.2. The van der Waals surface area contributed by atoms with E-state index in [2.05, 4.69) is 5.32 Å². The van der Waals surface area contributed by atoms with E-state index in [9.17, 15) is 14.0 Å². The maximum Gasteiger partial charge on any atom is 0.242 e. The summed E-state index contributed by atoms with van der Waals surface area (Å²) in [6.07, 6.45) is 0.780. The molecule has 162 valence electrons. The fourth-order valence-corrected chi connectivity index (χ4v) is 2.92. The Morgan fingerprint density at radius 1 is 1.07 bits per heavy atom. The lowest BCUT2D eigenvalue weighted by molar-refractivity contribution is -0.141. The van der Waals surface area contributed by atoms with Gasteiger partial charge in [-0.3, -0.25) is 9.59 Å². The molecule has 0 aromatic heterocycles. The Hall–Kier alpha value is -2.89. The van der Waals surface area contributed by atoms with Gasteiger partial charge in [-0.15, -0.1) is 0 Å². The Morgan fingerprint density at radius 3 is 2.30 bits per heavy atom. The molecule has 0 spiro atoms. The topological polar surface area (TPSA) is 58.6 Å². The van der Waals surface area contributed by atoms with Crippen LogP contribution < -0.4 is 10.1 Å². The second kappa shape index (κ2) is 10.8. The minimum atomic E-state index is -0.656. The quantitative estimate of drug-likeness (QED) is 0.622. The average Bonchev–Trinajstić information content (AvgIpc) is 2.69. The number of hydrogen-bond acceptors (Lipinski definition) is 3. The molecule has 0 bridgehead atoms. The molecule has 5 nitrogen and oxygen atoms in total. The maximum atomic E-state index is 13.2. The van der Waals surface area contributed by atoms with Crippen LogP contribution in [0.1, 0.15) is 46.1 Å². The number of nitrogens with zero attached hydrogens (tertiary/aromatic N) is 1. The third kappa shape index (κ3) is 7.85. The summed E-state index contributed by atoms with van der Waals surface area (Å²) < 4.78 is 18.9. The van der Waals surface area contributed by atoms with Crippen molar-refractivity contribution in [2.75, 3.05) is 6.61 Å². The molecule has 2 rings (SSSR count). The van der Waals surface area contributed by atoms with E-state index in [1.165, 1.54) is 17.0 Å². The Labute approximate surface area is 178 Å². The number of ether oxygens (including phenoxy) is 1. The average molecular weight is 415 g/mol. The number of hydrogen-bond donors (Lipinski definition) is 1. The lowest BCUT2D eigenvalue weighted by Crippen LogP contribution is -2.52. The van der Waals surface area contributed by atoms with E-state index in [1.807, 2.05) is 51.1 Å². The van der Waals surface area contributed by atoms with Crippen LogP contribution in [-0.4, -0.2) is 34.9 Å². The molecule has 1 unspecified atom stereocenters. The highest BCUT2D eigenvalue weighted by molar-refractivity contribution is 5.87. The summed E-state index contributed by atoms with van der Waals surface area (Å²) in [6.45, 7) is 8.03. The molecule has 30 heavy (non-hydrogen) atoms. The molecule has 0 saturated carbocycles. The normalized spacial score (nSPS) is 12.2. The highest BCUT2D eigenvalue weighted by atomic mass is 19.1. The monoisotopic (exact) mass is 414 g/mol.